The molecular formula is C13H17ClN2O2S. The van der Waals surface area contributed by atoms with Crippen molar-refractivity contribution in [2.24, 2.45) is 5.92 Å². The average molecular weight is 301 g/mol. The van der Waals surface area contributed by atoms with Crippen molar-refractivity contribution >= 4 is 21.6 Å². The van der Waals surface area contributed by atoms with Gasteiger partial charge in [-0.1, -0.05) is 24.6 Å². The zero-order valence-corrected chi connectivity index (χ0v) is 12.3. The number of hydrazine groups is 1. The van der Waals surface area contributed by atoms with Crippen molar-refractivity contribution in [3.8, 4) is 0 Å². The first-order chi connectivity index (χ1) is 8.97. The number of benzene rings is 1. The topological polar surface area (TPSA) is 58.2 Å². The third kappa shape index (κ3) is 3.96. The second-order valence-electron chi connectivity index (χ2n) is 4.79. The predicted molar refractivity (Wildman–Crippen MR) is 76.0 cm³/mol. The van der Waals surface area contributed by atoms with Crippen LogP contribution in [0.25, 0.3) is 0 Å². The number of rotatable bonds is 4. The van der Waals surface area contributed by atoms with Crippen molar-refractivity contribution in [2.75, 3.05) is 0 Å². The van der Waals surface area contributed by atoms with Crippen molar-refractivity contribution in [3.63, 3.8) is 0 Å². The second-order valence-corrected chi connectivity index (χ2v) is 6.91. The van der Waals surface area contributed by atoms with Gasteiger partial charge in [-0.15, -0.1) is 4.83 Å². The first kappa shape index (κ1) is 14.4. The highest BCUT2D eigenvalue weighted by Gasteiger charge is 2.15. The highest BCUT2D eigenvalue weighted by Crippen LogP contribution is 2.21. The fourth-order valence-electron chi connectivity index (χ4n) is 1.88. The summed E-state index contributed by atoms with van der Waals surface area (Å²) in [4.78, 5) is 2.58. The Morgan fingerprint density at radius 3 is 2.53 bits per heavy atom. The van der Waals surface area contributed by atoms with Crippen molar-refractivity contribution in [3.05, 3.63) is 41.1 Å². The summed E-state index contributed by atoms with van der Waals surface area (Å²) < 4.78 is 24.0. The summed E-state index contributed by atoms with van der Waals surface area (Å²) in [6.45, 7) is 2.19. The van der Waals surface area contributed by atoms with E-state index in [4.69, 9.17) is 11.6 Å². The fourth-order valence-corrected chi connectivity index (χ4v) is 2.89. The molecule has 0 saturated heterocycles. The van der Waals surface area contributed by atoms with Gasteiger partial charge >= 0.3 is 0 Å². The molecule has 0 bridgehead atoms. The molecule has 19 heavy (non-hydrogen) atoms. The van der Waals surface area contributed by atoms with Gasteiger partial charge in [0.25, 0.3) is 10.0 Å². The van der Waals surface area contributed by atoms with Crippen LogP contribution in [0.15, 0.2) is 40.9 Å². The maximum Gasteiger partial charge on any atom is 0.257 e. The van der Waals surface area contributed by atoms with Gasteiger partial charge in [0.15, 0.2) is 0 Å². The van der Waals surface area contributed by atoms with Crippen molar-refractivity contribution in [1.29, 1.82) is 0 Å². The third-order valence-electron chi connectivity index (χ3n) is 3.14. The van der Waals surface area contributed by atoms with E-state index in [9.17, 15) is 8.42 Å². The zero-order valence-electron chi connectivity index (χ0n) is 10.7. The molecule has 0 spiro atoms. The molecular weight excluding hydrogens is 284 g/mol. The van der Waals surface area contributed by atoms with Crippen LogP contribution in [0.4, 0.5) is 0 Å². The van der Waals surface area contributed by atoms with Crippen LogP contribution in [0, 0.1) is 5.92 Å². The van der Waals surface area contributed by atoms with Gasteiger partial charge in [0.05, 0.1) is 4.90 Å². The van der Waals surface area contributed by atoms with Gasteiger partial charge in [0.1, 0.15) is 0 Å². The van der Waals surface area contributed by atoms with E-state index < -0.39 is 10.0 Å². The lowest BCUT2D eigenvalue weighted by Crippen LogP contribution is -2.37. The van der Waals surface area contributed by atoms with E-state index in [1.165, 1.54) is 12.1 Å². The zero-order chi connectivity index (χ0) is 13.9. The number of nitrogens with one attached hydrogen (secondary N) is 2. The van der Waals surface area contributed by atoms with Gasteiger partial charge in [-0.05, 0) is 49.4 Å². The van der Waals surface area contributed by atoms with Crippen LogP contribution in [0.3, 0.4) is 0 Å². The summed E-state index contributed by atoms with van der Waals surface area (Å²) in [6.07, 6.45) is 4.95. The molecule has 104 valence electrons. The summed E-state index contributed by atoms with van der Waals surface area (Å²) in [5.41, 5.74) is 3.71. The van der Waals surface area contributed by atoms with Crippen molar-refractivity contribution in [1.82, 2.24) is 10.3 Å². The lowest BCUT2D eigenvalue weighted by molar-refractivity contribution is 0.489. The number of sulfonamides is 1. The Bertz CT molecular complexity index is 567. The molecule has 4 nitrogen and oxygen atoms in total. The molecule has 2 N–H and O–H groups in total. The van der Waals surface area contributed by atoms with Crippen molar-refractivity contribution < 1.29 is 8.42 Å². The Balaban J connectivity index is 2.00. The summed E-state index contributed by atoms with van der Waals surface area (Å²) in [6, 6.07) is 6.06. The van der Waals surface area contributed by atoms with E-state index in [0.717, 1.165) is 25.0 Å². The van der Waals surface area contributed by atoms with E-state index in [0.29, 0.717) is 10.9 Å². The molecule has 1 atom stereocenters. The monoisotopic (exact) mass is 300 g/mol. The van der Waals surface area contributed by atoms with Gasteiger partial charge in [0.2, 0.25) is 0 Å². The standard InChI is InChI=1S/C13H17ClN2O2S/c1-10-2-6-12(7-3-10)15-16-19(17,18)13-8-4-11(14)5-9-13/h4-6,8-10,15-16H,2-3,7H2,1H3. The molecule has 6 heteroatoms. The Kier molecular flexibility index (Phi) is 4.50. The number of hydrogen-bond acceptors (Lipinski definition) is 3. The van der Waals surface area contributed by atoms with E-state index >= 15 is 0 Å². The van der Waals surface area contributed by atoms with Gasteiger partial charge in [-0.25, -0.2) is 8.42 Å². The molecule has 0 heterocycles. The van der Waals surface area contributed by atoms with Gasteiger partial charge in [-0.3, -0.25) is 0 Å². The maximum absolute atomic E-state index is 12.0. The largest absolute Gasteiger partial charge is 0.312 e. The Labute approximate surface area is 118 Å². The molecule has 0 radical (unpaired) electrons. The fraction of sp³-hybridized carbons (Fsp3) is 0.385. The molecule has 0 saturated carbocycles. The Morgan fingerprint density at radius 2 is 1.95 bits per heavy atom. The summed E-state index contributed by atoms with van der Waals surface area (Å²) >= 11 is 5.73. The molecule has 2 rings (SSSR count). The average Bonchev–Trinajstić information content (AvgIpc) is 2.39. The SMILES string of the molecule is CC1CC=C(NNS(=O)(=O)c2ccc(Cl)cc2)CC1. The minimum absolute atomic E-state index is 0.189. The molecule has 1 aliphatic rings. The smallest absolute Gasteiger partial charge is 0.257 e. The van der Waals surface area contributed by atoms with Gasteiger partial charge in [0, 0.05) is 10.7 Å². The third-order valence-corrected chi connectivity index (χ3v) is 4.66. The van der Waals surface area contributed by atoms with Crippen LogP contribution in [0.2, 0.25) is 5.02 Å². The molecule has 1 aromatic rings. The minimum Gasteiger partial charge on any atom is -0.312 e. The molecule has 0 aliphatic heterocycles. The summed E-state index contributed by atoms with van der Waals surface area (Å²) in [5, 5.41) is 0.510. The van der Waals surface area contributed by atoms with Gasteiger partial charge < -0.3 is 5.43 Å². The highest BCUT2D eigenvalue weighted by molar-refractivity contribution is 7.89. The molecule has 1 aliphatic carbocycles. The van der Waals surface area contributed by atoms with Crippen LogP contribution >= 0.6 is 11.6 Å². The van der Waals surface area contributed by atoms with Crippen LogP contribution < -0.4 is 10.3 Å². The van der Waals surface area contributed by atoms with Crippen LogP contribution in [-0.4, -0.2) is 8.42 Å². The number of hydrogen-bond donors (Lipinski definition) is 2. The van der Waals surface area contributed by atoms with E-state index in [1.54, 1.807) is 12.1 Å². The van der Waals surface area contributed by atoms with Gasteiger partial charge in [-0.2, -0.15) is 0 Å². The molecule has 0 fully saturated rings. The van der Waals surface area contributed by atoms with E-state index in [-0.39, 0.29) is 4.90 Å². The molecule has 1 unspecified atom stereocenters. The second kappa shape index (κ2) is 5.94. The van der Waals surface area contributed by atoms with E-state index in [2.05, 4.69) is 17.2 Å². The highest BCUT2D eigenvalue weighted by atomic mass is 35.5. The quantitative estimate of drug-likeness (QED) is 0.841. The number of allylic oxidation sites excluding steroid dienone is 2. The summed E-state index contributed by atoms with van der Waals surface area (Å²) in [7, 11) is -3.55. The first-order valence-electron chi connectivity index (χ1n) is 6.20. The van der Waals surface area contributed by atoms with E-state index in [1.807, 2.05) is 6.08 Å². The Hall–Kier alpha value is -1.04. The maximum atomic E-state index is 12.0. The predicted octanol–water partition coefficient (Wildman–Crippen LogP) is 2.83. The minimum atomic E-state index is -3.55. The Morgan fingerprint density at radius 1 is 1.26 bits per heavy atom. The molecule has 0 aromatic heterocycles. The molecule has 1 aromatic carbocycles. The lowest BCUT2D eigenvalue weighted by Gasteiger charge is -2.19. The van der Waals surface area contributed by atoms with Crippen LogP contribution in [0.5, 0.6) is 0 Å². The number of halogens is 1. The lowest BCUT2D eigenvalue weighted by atomic mass is 9.95. The molecule has 0 amide bonds. The van der Waals surface area contributed by atoms with Crippen LogP contribution in [-0.2, 0) is 10.0 Å². The van der Waals surface area contributed by atoms with Crippen molar-refractivity contribution in [2.45, 2.75) is 31.1 Å². The normalized spacial score (nSPS) is 19.9. The summed E-state index contributed by atoms with van der Waals surface area (Å²) in [5.74, 6) is 0.665. The first-order valence-corrected chi connectivity index (χ1v) is 8.06. The van der Waals surface area contributed by atoms with Crippen LogP contribution in [0.1, 0.15) is 26.2 Å².